The quantitative estimate of drug-likeness (QED) is 0.812. The van der Waals surface area contributed by atoms with Crippen LogP contribution in [0.15, 0.2) is 28.7 Å². The molecule has 3 aliphatic rings. The molecule has 1 aliphatic heterocycles. The molecular weight excluding hydrogens is 298 g/mol. The van der Waals surface area contributed by atoms with Crippen LogP contribution in [0.4, 0.5) is 0 Å². The minimum atomic E-state index is 0.609. The van der Waals surface area contributed by atoms with Crippen LogP contribution in [0.25, 0.3) is 0 Å². The van der Waals surface area contributed by atoms with Gasteiger partial charge in [0.05, 0.1) is 0 Å². The average Bonchev–Trinajstić information content (AvgIpc) is 3.01. The van der Waals surface area contributed by atoms with Gasteiger partial charge in [-0.15, -0.1) is 0 Å². The molecule has 1 aromatic rings. The van der Waals surface area contributed by atoms with Gasteiger partial charge < -0.3 is 5.32 Å². The second kappa shape index (κ2) is 4.60. The lowest BCUT2D eigenvalue weighted by molar-refractivity contribution is 0.0816. The van der Waals surface area contributed by atoms with Crippen molar-refractivity contribution < 1.29 is 0 Å². The Bertz CT molecular complexity index is 486. The number of rotatable bonds is 1. The number of piperidine rings is 1. The molecule has 19 heavy (non-hydrogen) atoms. The summed E-state index contributed by atoms with van der Waals surface area (Å²) in [6, 6.07) is 8.90. The monoisotopic (exact) mass is 319 g/mol. The summed E-state index contributed by atoms with van der Waals surface area (Å²) in [6.07, 6.45) is 7.39. The molecule has 1 saturated heterocycles. The summed E-state index contributed by atoms with van der Waals surface area (Å²) >= 11 is 3.79. The van der Waals surface area contributed by atoms with Crippen LogP contribution in [0.1, 0.15) is 43.6 Å². The summed E-state index contributed by atoms with van der Waals surface area (Å²) in [5.74, 6) is 2.75. The molecule has 102 valence electrons. The normalized spacial score (nSPS) is 41.0. The van der Waals surface area contributed by atoms with Gasteiger partial charge in [0.1, 0.15) is 0 Å². The summed E-state index contributed by atoms with van der Waals surface area (Å²) in [7, 11) is 0. The fourth-order valence-electron chi connectivity index (χ4n) is 5.34. The third-order valence-electron chi connectivity index (χ3n) is 6.11. The molecule has 4 rings (SSSR count). The zero-order chi connectivity index (χ0) is 12.9. The Balaban J connectivity index is 1.75. The lowest BCUT2D eigenvalue weighted by Gasteiger charge is -2.48. The first-order chi connectivity index (χ1) is 9.29. The Morgan fingerprint density at radius 3 is 2.84 bits per heavy atom. The Hall–Kier alpha value is -0.340. The molecule has 1 heterocycles. The first-order valence-electron chi connectivity index (χ1n) is 7.75. The summed E-state index contributed by atoms with van der Waals surface area (Å²) in [4.78, 5) is 0. The summed E-state index contributed by atoms with van der Waals surface area (Å²) in [5.41, 5.74) is 2.15. The molecule has 0 amide bonds. The molecular formula is C17H22BrN. The van der Waals surface area contributed by atoms with Crippen LogP contribution >= 0.6 is 15.9 Å². The highest BCUT2D eigenvalue weighted by atomic mass is 79.9. The predicted octanol–water partition coefficient (Wildman–Crippen LogP) is 4.33. The smallest absolute Gasteiger partial charge is 0.0210 e. The largest absolute Gasteiger partial charge is 0.316 e. The van der Waals surface area contributed by atoms with Crippen LogP contribution in [-0.2, 0) is 0 Å². The SMILES string of the molecule is Brc1ccccc1C1CNCCC12CC1CCC2C1. The van der Waals surface area contributed by atoms with E-state index in [-0.39, 0.29) is 0 Å². The van der Waals surface area contributed by atoms with Crippen LogP contribution in [0.3, 0.4) is 0 Å². The van der Waals surface area contributed by atoms with Crippen LogP contribution < -0.4 is 5.32 Å². The Morgan fingerprint density at radius 1 is 1.21 bits per heavy atom. The van der Waals surface area contributed by atoms with Crippen molar-refractivity contribution in [1.82, 2.24) is 5.32 Å². The van der Waals surface area contributed by atoms with E-state index in [9.17, 15) is 0 Å². The minimum absolute atomic E-state index is 0.609. The topological polar surface area (TPSA) is 12.0 Å². The average molecular weight is 320 g/mol. The molecule has 1 spiro atoms. The standard InChI is InChI=1S/C17H22BrN/c18-16-4-2-1-3-14(16)15-11-19-8-7-17(15)10-12-5-6-13(17)9-12/h1-4,12-13,15,19H,5-11H2. The maximum absolute atomic E-state index is 3.79. The number of fused-ring (bicyclic) bond motifs is 3. The maximum atomic E-state index is 3.79. The van der Waals surface area contributed by atoms with Gasteiger partial charge in [-0.3, -0.25) is 0 Å². The molecule has 0 radical (unpaired) electrons. The number of nitrogens with one attached hydrogen (secondary N) is 1. The van der Waals surface area contributed by atoms with Crippen LogP contribution in [0, 0.1) is 17.3 Å². The molecule has 2 aliphatic carbocycles. The maximum Gasteiger partial charge on any atom is 0.0210 e. The first kappa shape index (κ1) is 12.4. The highest BCUT2D eigenvalue weighted by Crippen LogP contribution is 2.64. The number of hydrogen-bond acceptors (Lipinski definition) is 1. The molecule has 1 nitrogen and oxygen atoms in total. The van der Waals surface area contributed by atoms with Crippen molar-refractivity contribution in [3.8, 4) is 0 Å². The van der Waals surface area contributed by atoms with Crippen molar-refractivity contribution in [1.29, 1.82) is 0 Å². The van der Waals surface area contributed by atoms with E-state index >= 15 is 0 Å². The van der Waals surface area contributed by atoms with Crippen LogP contribution in [-0.4, -0.2) is 13.1 Å². The van der Waals surface area contributed by atoms with Gasteiger partial charge >= 0.3 is 0 Å². The number of hydrogen-bond donors (Lipinski definition) is 1. The molecule has 1 N–H and O–H groups in total. The summed E-state index contributed by atoms with van der Waals surface area (Å²) < 4.78 is 1.31. The van der Waals surface area contributed by atoms with Crippen molar-refractivity contribution in [2.45, 2.75) is 38.0 Å². The van der Waals surface area contributed by atoms with Gasteiger partial charge in [-0.1, -0.05) is 40.5 Å². The zero-order valence-electron chi connectivity index (χ0n) is 11.4. The van der Waals surface area contributed by atoms with Crippen LogP contribution in [0.2, 0.25) is 0 Å². The highest BCUT2D eigenvalue weighted by molar-refractivity contribution is 9.10. The van der Waals surface area contributed by atoms with Gasteiger partial charge in [0, 0.05) is 16.9 Å². The predicted molar refractivity (Wildman–Crippen MR) is 82.3 cm³/mol. The van der Waals surface area contributed by atoms with Gasteiger partial charge in [0.25, 0.3) is 0 Å². The molecule has 0 aromatic heterocycles. The second-order valence-electron chi connectivity index (χ2n) is 6.84. The van der Waals surface area contributed by atoms with Gasteiger partial charge in [0.2, 0.25) is 0 Å². The molecule has 4 atom stereocenters. The van der Waals surface area contributed by atoms with E-state index in [4.69, 9.17) is 0 Å². The lowest BCUT2D eigenvalue weighted by atomic mass is 9.60. The third-order valence-corrected chi connectivity index (χ3v) is 6.84. The van der Waals surface area contributed by atoms with E-state index in [1.807, 2.05) is 0 Å². The Kier molecular flexibility index (Phi) is 3.00. The lowest BCUT2D eigenvalue weighted by Crippen LogP contribution is -2.46. The summed E-state index contributed by atoms with van der Waals surface area (Å²) in [6.45, 7) is 2.40. The van der Waals surface area contributed by atoms with Gasteiger partial charge in [-0.2, -0.15) is 0 Å². The van der Waals surface area contributed by atoms with Crippen LogP contribution in [0.5, 0.6) is 0 Å². The molecule has 4 unspecified atom stereocenters. The van der Waals surface area contributed by atoms with E-state index in [0.717, 1.165) is 11.8 Å². The van der Waals surface area contributed by atoms with E-state index in [1.165, 1.54) is 49.7 Å². The second-order valence-corrected chi connectivity index (χ2v) is 7.70. The van der Waals surface area contributed by atoms with E-state index < -0.39 is 0 Å². The molecule has 2 saturated carbocycles. The Morgan fingerprint density at radius 2 is 2.11 bits per heavy atom. The molecule has 2 heteroatoms. The van der Waals surface area contributed by atoms with E-state index in [1.54, 1.807) is 5.56 Å². The van der Waals surface area contributed by atoms with Crippen molar-refractivity contribution in [3.63, 3.8) is 0 Å². The van der Waals surface area contributed by atoms with Crippen molar-refractivity contribution in [3.05, 3.63) is 34.3 Å². The van der Waals surface area contributed by atoms with Gasteiger partial charge in [-0.05, 0) is 61.1 Å². The number of halogens is 1. The first-order valence-corrected chi connectivity index (χ1v) is 8.54. The highest BCUT2D eigenvalue weighted by Gasteiger charge is 2.55. The van der Waals surface area contributed by atoms with E-state index in [0.29, 0.717) is 11.3 Å². The minimum Gasteiger partial charge on any atom is -0.316 e. The van der Waals surface area contributed by atoms with Crippen molar-refractivity contribution in [2.75, 3.05) is 13.1 Å². The fourth-order valence-corrected chi connectivity index (χ4v) is 5.90. The molecule has 3 fully saturated rings. The van der Waals surface area contributed by atoms with Crippen molar-refractivity contribution >= 4 is 15.9 Å². The van der Waals surface area contributed by atoms with Gasteiger partial charge in [0.15, 0.2) is 0 Å². The number of benzene rings is 1. The molecule has 2 bridgehead atoms. The van der Waals surface area contributed by atoms with Gasteiger partial charge in [-0.25, -0.2) is 0 Å². The fraction of sp³-hybridized carbons (Fsp3) is 0.647. The Labute approximate surface area is 124 Å². The third kappa shape index (κ3) is 1.83. The summed E-state index contributed by atoms with van der Waals surface area (Å²) in [5, 5.41) is 3.65. The van der Waals surface area contributed by atoms with Crippen molar-refractivity contribution in [2.24, 2.45) is 17.3 Å². The van der Waals surface area contributed by atoms with E-state index in [2.05, 4.69) is 45.5 Å². The molecule has 1 aromatic carbocycles. The zero-order valence-corrected chi connectivity index (χ0v) is 13.0.